The van der Waals surface area contributed by atoms with Gasteiger partial charge in [0.2, 0.25) is 0 Å². The van der Waals surface area contributed by atoms with Gasteiger partial charge in [-0.3, -0.25) is 4.79 Å². The minimum atomic E-state index is -0.836. The lowest BCUT2D eigenvalue weighted by Crippen LogP contribution is -2.52. The van der Waals surface area contributed by atoms with Crippen LogP contribution in [0.15, 0.2) is 12.1 Å². The molecule has 1 aliphatic rings. The van der Waals surface area contributed by atoms with Crippen molar-refractivity contribution in [1.82, 2.24) is 0 Å². The average molecular weight is 219 g/mol. The number of rotatable bonds is 2. The lowest BCUT2D eigenvalue weighted by molar-refractivity contribution is -0.162. The second-order valence-corrected chi connectivity index (χ2v) is 4.70. The standard InChI is InChI=1S/C8H7ClO3S/c9-6-2-1-5(13-6)8(7(10)11)3-12-4-8/h1-2H,3-4H2,(H,10,11). The van der Waals surface area contributed by atoms with E-state index in [2.05, 4.69) is 0 Å². The van der Waals surface area contributed by atoms with Crippen molar-refractivity contribution in [2.75, 3.05) is 13.2 Å². The van der Waals surface area contributed by atoms with Crippen LogP contribution in [0.5, 0.6) is 0 Å². The Labute approximate surface area is 83.9 Å². The summed E-state index contributed by atoms with van der Waals surface area (Å²) in [5.74, 6) is -0.836. The third-order valence-electron chi connectivity index (χ3n) is 2.15. The molecule has 0 atom stereocenters. The maximum Gasteiger partial charge on any atom is 0.319 e. The molecule has 0 aliphatic carbocycles. The van der Waals surface area contributed by atoms with Gasteiger partial charge in [-0.15, -0.1) is 11.3 Å². The van der Waals surface area contributed by atoms with E-state index in [9.17, 15) is 4.79 Å². The van der Waals surface area contributed by atoms with Crippen LogP contribution in [0.3, 0.4) is 0 Å². The van der Waals surface area contributed by atoms with E-state index in [1.807, 2.05) is 0 Å². The molecule has 1 aromatic heterocycles. The van der Waals surface area contributed by atoms with Crippen molar-refractivity contribution in [2.24, 2.45) is 0 Å². The van der Waals surface area contributed by atoms with Crippen LogP contribution in [0.4, 0.5) is 0 Å². The molecule has 0 amide bonds. The van der Waals surface area contributed by atoms with E-state index < -0.39 is 11.4 Å². The Kier molecular flexibility index (Phi) is 2.06. The van der Waals surface area contributed by atoms with Crippen LogP contribution in [0.2, 0.25) is 4.34 Å². The van der Waals surface area contributed by atoms with Gasteiger partial charge in [0.15, 0.2) is 0 Å². The smallest absolute Gasteiger partial charge is 0.319 e. The number of carboxylic acids is 1. The first-order valence-electron chi connectivity index (χ1n) is 3.72. The zero-order valence-corrected chi connectivity index (χ0v) is 8.19. The van der Waals surface area contributed by atoms with Crippen LogP contribution >= 0.6 is 22.9 Å². The van der Waals surface area contributed by atoms with Crippen molar-refractivity contribution in [3.05, 3.63) is 21.3 Å². The molecule has 0 unspecified atom stereocenters. The van der Waals surface area contributed by atoms with Gasteiger partial charge in [-0.2, -0.15) is 0 Å². The summed E-state index contributed by atoms with van der Waals surface area (Å²) in [4.78, 5) is 11.8. The first-order valence-corrected chi connectivity index (χ1v) is 4.91. The molecule has 0 aromatic carbocycles. The Morgan fingerprint density at radius 1 is 1.62 bits per heavy atom. The highest BCUT2D eigenvalue weighted by atomic mass is 35.5. The average Bonchev–Trinajstić information content (AvgIpc) is 2.32. The summed E-state index contributed by atoms with van der Waals surface area (Å²) in [5.41, 5.74) is -0.836. The summed E-state index contributed by atoms with van der Waals surface area (Å²) < 4.78 is 5.56. The molecule has 0 spiro atoms. The molecule has 1 saturated heterocycles. The first-order chi connectivity index (χ1) is 6.15. The number of halogens is 1. The number of hydrogen-bond donors (Lipinski definition) is 1. The van der Waals surface area contributed by atoms with Crippen molar-refractivity contribution in [3.63, 3.8) is 0 Å². The van der Waals surface area contributed by atoms with Gasteiger partial charge >= 0.3 is 5.97 Å². The molecule has 1 aromatic rings. The van der Waals surface area contributed by atoms with Crippen molar-refractivity contribution >= 4 is 28.9 Å². The SMILES string of the molecule is O=C(O)C1(c2ccc(Cl)s2)COC1. The van der Waals surface area contributed by atoms with Gasteiger partial charge in [-0.1, -0.05) is 11.6 Å². The minimum Gasteiger partial charge on any atom is -0.480 e. The maximum absolute atomic E-state index is 11.0. The number of hydrogen-bond acceptors (Lipinski definition) is 3. The molecule has 70 valence electrons. The molecule has 1 fully saturated rings. The summed E-state index contributed by atoms with van der Waals surface area (Å²) in [6.07, 6.45) is 0. The van der Waals surface area contributed by atoms with Crippen LogP contribution in [-0.2, 0) is 14.9 Å². The number of ether oxygens (including phenoxy) is 1. The molecule has 1 aliphatic heterocycles. The van der Waals surface area contributed by atoms with E-state index in [1.165, 1.54) is 11.3 Å². The number of carboxylic acid groups (broad SMARTS) is 1. The lowest BCUT2D eigenvalue weighted by Gasteiger charge is -2.36. The highest BCUT2D eigenvalue weighted by molar-refractivity contribution is 7.16. The molecule has 13 heavy (non-hydrogen) atoms. The molecule has 2 heterocycles. The van der Waals surface area contributed by atoms with Gasteiger partial charge in [0.1, 0.15) is 5.41 Å². The molecule has 0 radical (unpaired) electrons. The third-order valence-corrected chi connectivity index (χ3v) is 3.59. The van der Waals surface area contributed by atoms with Crippen LogP contribution in [0.1, 0.15) is 4.88 Å². The fourth-order valence-electron chi connectivity index (χ4n) is 1.25. The number of thiophene rings is 1. The highest BCUT2D eigenvalue weighted by Crippen LogP contribution is 2.38. The predicted molar refractivity (Wildman–Crippen MR) is 49.5 cm³/mol. The van der Waals surface area contributed by atoms with E-state index in [0.29, 0.717) is 4.34 Å². The van der Waals surface area contributed by atoms with Crippen molar-refractivity contribution < 1.29 is 14.6 Å². The Morgan fingerprint density at radius 2 is 2.31 bits per heavy atom. The van der Waals surface area contributed by atoms with Gasteiger partial charge in [0.25, 0.3) is 0 Å². The normalized spacial score (nSPS) is 19.5. The van der Waals surface area contributed by atoms with Gasteiger partial charge in [-0.05, 0) is 12.1 Å². The van der Waals surface area contributed by atoms with E-state index in [-0.39, 0.29) is 13.2 Å². The fraction of sp³-hybridized carbons (Fsp3) is 0.375. The van der Waals surface area contributed by atoms with Crippen LogP contribution in [0.25, 0.3) is 0 Å². The zero-order chi connectivity index (χ0) is 9.47. The molecule has 3 nitrogen and oxygen atoms in total. The summed E-state index contributed by atoms with van der Waals surface area (Å²) in [6, 6.07) is 3.47. The van der Waals surface area contributed by atoms with E-state index in [1.54, 1.807) is 12.1 Å². The Balaban J connectivity index is 2.37. The Morgan fingerprint density at radius 3 is 2.62 bits per heavy atom. The number of aliphatic carboxylic acids is 1. The van der Waals surface area contributed by atoms with Crippen molar-refractivity contribution in [1.29, 1.82) is 0 Å². The second kappa shape index (κ2) is 2.97. The second-order valence-electron chi connectivity index (χ2n) is 2.98. The topological polar surface area (TPSA) is 46.5 Å². The van der Waals surface area contributed by atoms with Crippen LogP contribution < -0.4 is 0 Å². The third kappa shape index (κ3) is 1.25. The minimum absolute atomic E-state index is 0.249. The molecular weight excluding hydrogens is 212 g/mol. The highest BCUT2D eigenvalue weighted by Gasteiger charge is 2.48. The fourth-order valence-corrected chi connectivity index (χ4v) is 2.44. The summed E-state index contributed by atoms with van der Waals surface area (Å²) in [6.45, 7) is 0.498. The zero-order valence-electron chi connectivity index (χ0n) is 6.62. The summed E-state index contributed by atoms with van der Waals surface area (Å²) >= 11 is 7.04. The Hall–Kier alpha value is -0.580. The van der Waals surface area contributed by atoms with Gasteiger partial charge < -0.3 is 9.84 Å². The molecule has 0 saturated carbocycles. The van der Waals surface area contributed by atoms with Crippen molar-refractivity contribution in [2.45, 2.75) is 5.41 Å². The molecule has 5 heteroatoms. The quantitative estimate of drug-likeness (QED) is 0.823. The van der Waals surface area contributed by atoms with Crippen LogP contribution in [-0.4, -0.2) is 24.3 Å². The van der Waals surface area contributed by atoms with Crippen LogP contribution in [0, 0.1) is 0 Å². The van der Waals surface area contributed by atoms with Gasteiger partial charge in [-0.25, -0.2) is 0 Å². The molecule has 2 rings (SSSR count). The molecule has 1 N–H and O–H groups in total. The van der Waals surface area contributed by atoms with Crippen molar-refractivity contribution in [3.8, 4) is 0 Å². The first kappa shape index (κ1) is 8.99. The molecule has 0 bridgehead atoms. The van der Waals surface area contributed by atoms with Gasteiger partial charge in [0.05, 0.1) is 17.6 Å². The number of carbonyl (C=O) groups is 1. The van der Waals surface area contributed by atoms with E-state index >= 15 is 0 Å². The lowest BCUT2D eigenvalue weighted by atomic mass is 9.84. The molecular formula is C8H7ClO3S. The van der Waals surface area contributed by atoms with Gasteiger partial charge in [0, 0.05) is 4.88 Å². The summed E-state index contributed by atoms with van der Waals surface area (Å²) in [7, 11) is 0. The largest absolute Gasteiger partial charge is 0.480 e. The monoisotopic (exact) mass is 218 g/mol. The maximum atomic E-state index is 11.0. The van der Waals surface area contributed by atoms with E-state index in [4.69, 9.17) is 21.4 Å². The predicted octanol–water partition coefficient (Wildman–Crippen LogP) is 1.75. The van der Waals surface area contributed by atoms with E-state index in [0.717, 1.165) is 4.88 Å². The Bertz CT molecular complexity index is 343. The summed E-state index contributed by atoms with van der Waals surface area (Å²) in [5, 5.41) is 9.03.